The number of rotatable bonds is 6. The Morgan fingerprint density at radius 3 is 2.95 bits per heavy atom. The van der Waals surface area contributed by atoms with Gasteiger partial charge < -0.3 is 15.8 Å². The predicted octanol–water partition coefficient (Wildman–Crippen LogP) is 2.22. The molecule has 5 nitrogen and oxygen atoms in total. The highest BCUT2D eigenvalue weighted by Gasteiger charge is 2.12. The molecule has 0 aliphatic rings. The molecule has 0 bridgehead atoms. The second-order valence-electron chi connectivity index (χ2n) is 4.88. The van der Waals surface area contributed by atoms with E-state index in [1.165, 1.54) is 12.1 Å². The fraction of sp³-hybridized carbons (Fsp3) is 0.250. The summed E-state index contributed by atoms with van der Waals surface area (Å²) in [5.41, 5.74) is 6.15. The third kappa shape index (κ3) is 4.26. The van der Waals surface area contributed by atoms with Crippen LogP contribution in [0, 0.1) is 11.7 Å². The van der Waals surface area contributed by atoms with Gasteiger partial charge in [0.15, 0.2) is 0 Å². The summed E-state index contributed by atoms with van der Waals surface area (Å²) in [4.78, 5) is 15.9. The van der Waals surface area contributed by atoms with E-state index >= 15 is 0 Å². The number of hydrogen-bond acceptors (Lipinski definition) is 4. The van der Waals surface area contributed by atoms with Gasteiger partial charge in [0.05, 0.1) is 0 Å². The Labute approximate surface area is 128 Å². The van der Waals surface area contributed by atoms with E-state index in [4.69, 9.17) is 10.5 Å². The lowest BCUT2D eigenvalue weighted by atomic mass is 10.1. The van der Waals surface area contributed by atoms with Gasteiger partial charge in [-0.25, -0.2) is 9.37 Å². The van der Waals surface area contributed by atoms with Crippen LogP contribution in [0.1, 0.15) is 12.5 Å². The van der Waals surface area contributed by atoms with Crippen LogP contribution in [0.5, 0.6) is 11.6 Å². The van der Waals surface area contributed by atoms with Crippen molar-refractivity contribution in [1.82, 2.24) is 10.3 Å². The van der Waals surface area contributed by atoms with Crippen molar-refractivity contribution in [2.24, 2.45) is 11.7 Å². The zero-order valence-electron chi connectivity index (χ0n) is 12.3. The number of pyridine rings is 1. The smallest absolute Gasteiger partial charge is 0.224 e. The van der Waals surface area contributed by atoms with Crippen molar-refractivity contribution < 1.29 is 13.9 Å². The summed E-state index contributed by atoms with van der Waals surface area (Å²) in [5.74, 6) is -0.109. The summed E-state index contributed by atoms with van der Waals surface area (Å²) >= 11 is 0. The lowest BCUT2D eigenvalue weighted by Crippen LogP contribution is -2.32. The maximum absolute atomic E-state index is 13.2. The first-order valence-corrected chi connectivity index (χ1v) is 6.95. The molecule has 0 radical (unpaired) electrons. The molecule has 0 saturated heterocycles. The first kappa shape index (κ1) is 15.9. The highest BCUT2D eigenvalue weighted by molar-refractivity contribution is 5.78. The molecule has 1 atom stereocenters. The predicted molar refractivity (Wildman–Crippen MR) is 80.8 cm³/mol. The minimum Gasteiger partial charge on any atom is -0.439 e. The quantitative estimate of drug-likeness (QED) is 0.858. The van der Waals surface area contributed by atoms with E-state index in [9.17, 15) is 9.18 Å². The van der Waals surface area contributed by atoms with E-state index in [2.05, 4.69) is 10.3 Å². The molecule has 1 aromatic carbocycles. The molecule has 0 spiro atoms. The summed E-state index contributed by atoms with van der Waals surface area (Å²) in [6.07, 6.45) is 1.57. The monoisotopic (exact) mass is 303 g/mol. The van der Waals surface area contributed by atoms with Crippen LogP contribution in [0.25, 0.3) is 0 Å². The molecule has 0 saturated carbocycles. The first-order chi connectivity index (χ1) is 10.6. The Morgan fingerprint density at radius 2 is 2.23 bits per heavy atom. The average molecular weight is 303 g/mol. The van der Waals surface area contributed by atoms with E-state index in [0.29, 0.717) is 17.2 Å². The van der Waals surface area contributed by atoms with E-state index < -0.39 is 0 Å². The van der Waals surface area contributed by atoms with Gasteiger partial charge in [-0.3, -0.25) is 4.79 Å². The minimum absolute atomic E-state index is 0.136. The normalized spacial score (nSPS) is 11.8. The Balaban J connectivity index is 2.08. The van der Waals surface area contributed by atoms with Gasteiger partial charge in [0.1, 0.15) is 11.6 Å². The number of nitrogens with one attached hydrogen (secondary N) is 1. The van der Waals surface area contributed by atoms with Crippen molar-refractivity contribution >= 4 is 5.91 Å². The standard InChI is InChI=1S/C16H18FN3O2/c1-11(9-18)15(21)20-10-12-4-3-7-19-16(12)22-14-6-2-5-13(17)8-14/h2-8,11H,9-10,18H2,1H3,(H,20,21). The fourth-order valence-corrected chi connectivity index (χ4v) is 1.76. The molecule has 0 fully saturated rings. The Morgan fingerprint density at radius 1 is 1.41 bits per heavy atom. The number of carbonyl (C=O) groups is 1. The number of ether oxygens (including phenoxy) is 1. The van der Waals surface area contributed by atoms with Gasteiger partial charge in [-0.1, -0.05) is 19.1 Å². The SMILES string of the molecule is CC(CN)C(=O)NCc1cccnc1Oc1cccc(F)c1. The molecule has 1 aromatic heterocycles. The number of amides is 1. The molecule has 0 aliphatic carbocycles. The van der Waals surface area contributed by atoms with Gasteiger partial charge in [-0.2, -0.15) is 0 Å². The number of aromatic nitrogens is 1. The summed E-state index contributed by atoms with van der Waals surface area (Å²) < 4.78 is 18.8. The molecule has 116 valence electrons. The van der Waals surface area contributed by atoms with Crippen LogP contribution in [0.15, 0.2) is 42.6 Å². The summed E-state index contributed by atoms with van der Waals surface area (Å²) in [6.45, 7) is 2.30. The molecule has 0 aliphatic heterocycles. The molecular weight excluding hydrogens is 285 g/mol. The van der Waals surface area contributed by atoms with Crippen molar-refractivity contribution in [2.75, 3.05) is 6.54 Å². The number of nitrogens with zero attached hydrogens (tertiary/aromatic N) is 1. The molecule has 1 amide bonds. The zero-order valence-corrected chi connectivity index (χ0v) is 12.3. The Hall–Kier alpha value is -2.47. The molecule has 6 heteroatoms. The topological polar surface area (TPSA) is 77.2 Å². The number of carbonyl (C=O) groups excluding carboxylic acids is 1. The van der Waals surface area contributed by atoms with Gasteiger partial charge in [0.25, 0.3) is 0 Å². The van der Waals surface area contributed by atoms with E-state index in [-0.39, 0.29) is 30.7 Å². The number of hydrogen-bond donors (Lipinski definition) is 2. The van der Waals surface area contributed by atoms with Gasteiger partial charge in [-0.15, -0.1) is 0 Å². The second kappa shape index (κ2) is 7.51. The van der Waals surface area contributed by atoms with Crippen molar-refractivity contribution in [1.29, 1.82) is 0 Å². The van der Waals surface area contributed by atoms with Crippen LogP contribution < -0.4 is 15.8 Å². The van der Waals surface area contributed by atoms with E-state index in [1.807, 2.05) is 0 Å². The van der Waals surface area contributed by atoms with Crippen molar-refractivity contribution in [3.63, 3.8) is 0 Å². The molecular formula is C16H18FN3O2. The molecule has 2 rings (SSSR count). The van der Waals surface area contributed by atoms with Crippen LogP contribution in [-0.4, -0.2) is 17.4 Å². The van der Waals surface area contributed by atoms with E-state index in [0.717, 1.165) is 0 Å². The highest BCUT2D eigenvalue weighted by Crippen LogP contribution is 2.23. The first-order valence-electron chi connectivity index (χ1n) is 6.95. The number of nitrogens with two attached hydrogens (primary N) is 1. The summed E-state index contributed by atoms with van der Waals surface area (Å²) in [6, 6.07) is 9.32. The van der Waals surface area contributed by atoms with Crippen LogP contribution in [0.4, 0.5) is 4.39 Å². The van der Waals surface area contributed by atoms with Crippen molar-refractivity contribution in [2.45, 2.75) is 13.5 Å². The summed E-state index contributed by atoms with van der Waals surface area (Å²) in [5, 5.41) is 2.77. The van der Waals surface area contributed by atoms with Gasteiger partial charge in [0.2, 0.25) is 11.8 Å². The zero-order chi connectivity index (χ0) is 15.9. The molecule has 22 heavy (non-hydrogen) atoms. The average Bonchev–Trinajstić information content (AvgIpc) is 2.53. The maximum Gasteiger partial charge on any atom is 0.224 e. The third-order valence-electron chi connectivity index (χ3n) is 3.11. The Kier molecular flexibility index (Phi) is 5.43. The van der Waals surface area contributed by atoms with Crippen molar-refractivity contribution in [3.05, 3.63) is 54.0 Å². The van der Waals surface area contributed by atoms with Crippen LogP contribution >= 0.6 is 0 Å². The van der Waals surface area contributed by atoms with Gasteiger partial charge >= 0.3 is 0 Å². The van der Waals surface area contributed by atoms with Crippen LogP contribution in [0.2, 0.25) is 0 Å². The highest BCUT2D eigenvalue weighted by atomic mass is 19.1. The van der Waals surface area contributed by atoms with Crippen LogP contribution in [0.3, 0.4) is 0 Å². The molecule has 2 aromatic rings. The molecule has 1 unspecified atom stereocenters. The summed E-state index contributed by atoms with van der Waals surface area (Å²) in [7, 11) is 0. The largest absolute Gasteiger partial charge is 0.439 e. The van der Waals surface area contributed by atoms with Crippen molar-refractivity contribution in [3.8, 4) is 11.6 Å². The third-order valence-corrected chi connectivity index (χ3v) is 3.11. The van der Waals surface area contributed by atoms with Gasteiger partial charge in [-0.05, 0) is 18.2 Å². The minimum atomic E-state index is -0.389. The fourth-order valence-electron chi connectivity index (χ4n) is 1.76. The van der Waals surface area contributed by atoms with Crippen LogP contribution in [-0.2, 0) is 11.3 Å². The lowest BCUT2D eigenvalue weighted by Gasteiger charge is -2.12. The van der Waals surface area contributed by atoms with Gasteiger partial charge in [0, 0.05) is 36.8 Å². The number of halogens is 1. The second-order valence-corrected chi connectivity index (χ2v) is 4.88. The number of benzene rings is 1. The molecule has 1 heterocycles. The van der Waals surface area contributed by atoms with E-state index in [1.54, 1.807) is 37.4 Å². The Bertz CT molecular complexity index is 649. The maximum atomic E-state index is 13.2. The molecule has 3 N–H and O–H groups in total. The lowest BCUT2D eigenvalue weighted by molar-refractivity contribution is -0.124.